The lowest BCUT2D eigenvalue weighted by atomic mass is 10.1. The number of nitrogens with zero attached hydrogens (tertiary/aromatic N) is 4. The maximum Gasteiger partial charge on any atom is 0.214 e. The van der Waals surface area contributed by atoms with E-state index in [0.29, 0.717) is 6.61 Å². The van der Waals surface area contributed by atoms with Crippen LogP contribution >= 0.6 is 11.8 Å². The Hall–Kier alpha value is -2.34. The molecule has 24 heavy (non-hydrogen) atoms. The molecule has 5 nitrogen and oxygen atoms in total. The summed E-state index contributed by atoms with van der Waals surface area (Å²) >= 11 is 1.65. The maximum absolute atomic E-state index is 5.70. The third kappa shape index (κ3) is 3.94. The van der Waals surface area contributed by atoms with Gasteiger partial charge in [0, 0.05) is 5.75 Å². The average Bonchev–Trinajstić information content (AvgIpc) is 3.06. The van der Waals surface area contributed by atoms with Crippen LogP contribution in [0, 0.1) is 13.8 Å². The summed E-state index contributed by atoms with van der Waals surface area (Å²) in [6, 6.07) is 16.0. The van der Waals surface area contributed by atoms with Crippen LogP contribution in [-0.2, 0) is 0 Å². The van der Waals surface area contributed by atoms with Crippen LogP contribution in [0.4, 0.5) is 0 Å². The third-order valence-electron chi connectivity index (χ3n) is 3.78. The molecule has 1 heterocycles. The van der Waals surface area contributed by atoms with Crippen LogP contribution in [0.3, 0.4) is 0 Å². The number of aryl methyl sites for hydroxylation is 1. The Kier molecular flexibility index (Phi) is 5.48. The van der Waals surface area contributed by atoms with E-state index in [9.17, 15) is 0 Å². The first-order valence-corrected chi connectivity index (χ1v) is 8.90. The number of rotatable bonds is 7. The van der Waals surface area contributed by atoms with Gasteiger partial charge >= 0.3 is 0 Å². The van der Waals surface area contributed by atoms with Crippen molar-refractivity contribution in [2.75, 3.05) is 12.4 Å². The molecule has 0 bridgehead atoms. The molecule has 0 atom stereocenters. The SMILES string of the molecule is Cc1cccc(-n2nnnc2SCCCOc2ccccc2)c1C. The number of hydrogen-bond donors (Lipinski definition) is 0. The van der Waals surface area contributed by atoms with E-state index in [1.54, 1.807) is 11.8 Å². The van der Waals surface area contributed by atoms with Gasteiger partial charge in [-0.1, -0.05) is 42.1 Å². The molecule has 3 rings (SSSR count). The van der Waals surface area contributed by atoms with E-state index in [0.717, 1.165) is 28.8 Å². The van der Waals surface area contributed by atoms with Crippen molar-refractivity contribution in [2.45, 2.75) is 25.4 Å². The normalized spacial score (nSPS) is 10.8. The van der Waals surface area contributed by atoms with Crippen molar-refractivity contribution in [3.8, 4) is 11.4 Å². The Labute approximate surface area is 146 Å². The first-order valence-electron chi connectivity index (χ1n) is 7.91. The van der Waals surface area contributed by atoms with E-state index in [1.165, 1.54) is 11.1 Å². The van der Waals surface area contributed by atoms with Gasteiger partial charge in [-0.2, -0.15) is 4.68 Å². The number of hydrogen-bond acceptors (Lipinski definition) is 5. The van der Waals surface area contributed by atoms with Gasteiger partial charge in [-0.3, -0.25) is 0 Å². The molecular formula is C18H20N4OS. The van der Waals surface area contributed by atoms with Crippen LogP contribution in [0.5, 0.6) is 5.75 Å². The van der Waals surface area contributed by atoms with Gasteiger partial charge < -0.3 is 4.74 Å². The molecule has 6 heteroatoms. The molecular weight excluding hydrogens is 320 g/mol. The summed E-state index contributed by atoms with van der Waals surface area (Å²) < 4.78 is 7.51. The summed E-state index contributed by atoms with van der Waals surface area (Å²) in [4.78, 5) is 0. The summed E-state index contributed by atoms with van der Waals surface area (Å²) in [5, 5.41) is 12.9. The van der Waals surface area contributed by atoms with Crippen molar-refractivity contribution in [2.24, 2.45) is 0 Å². The Morgan fingerprint density at radius 3 is 2.71 bits per heavy atom. The molecule has 0 aliphatic rings. The molecule has 1 aromatic heterocycles. The van der Waals surface area contributed by atoms with Crippen molar-refractivity contribution in [3.63, 3.8) is 0 Å². The molecule has 0 saturated carbocycles. The minimum atomic E-state index is 0.683. The summed E-state index contributed by atoms with van der Waals surface area (Å²) in [7, 11) is 0. The van der Waals surface area contributed by atoms with Crippen molar-refractivity contribution >= 4 is 11.8 Å². The minimum absolute atomic E-state index is 0.683. The first kappa shape index (κ1) is 16.5. The van der Waals surface area contributed by atoms with Gasteiger partial charge in [0.25, 0.3) is 0 Å². The number of aromatic nitrogens is 4. The van der Waals surface area contributed by atoms with E-state index < -0.39 is 0 Å². The lowest BCUT2D eigenvalue weighted by molar-refractivity contribution is 0.318. The Morgan fingerprint density at radius 1 is 1.04 bits per heavy atom. The predicted octanol–water partition coefficient (Wildman–Crippen LogP) is 3.84. The zero-order valence-electron chi connectivity index (χ0n) is 13.8. The molecule has 0 radical (unpaired) electrons. The molecule has 0 fully saturated rings. The molecule has 0 saturated heterocycles. The summed E-state index contributed by atoms with van der Waals surface area (Å²) in [6.07, 6.45) is 0.930. The Morgan fingerprint density at radius 2 is 1.88 bits per heavy atom. The largest absolute Gasteiger partial charge is 0.494 e. The van der Waals surface area contributed by atoms with Crippen LogP contribution in [-0.4, -0.2) is 32.6 Å². The average molecular weight is 340 g/mol. The van der Waals surface area contributed by atoms with E-state index >= 15 is 0 Å². The molecule has 0 aliphatic carbocycles. The first-order chi connectivity index (χ1) is 11.8. The van der Waals surface area contributed by atoms with Gasteiger partial charge in [0.2, 0.25) is 5.16 Å². The quantitative estimate of drug-likeness (QED) is 0.483. The van der Waals surface area contributed by atoms with Gasteiger partial charge in [-0.05, 0) is 60.0 Å². The lowest BCUT2D eigenvalue weighted by Gasteiger charge is -2.09. The molecule has 0 N–H and O–H groups in total. The number of thioether (sulfide) groups is 1. The van der Waals surface area contributed by atoms with Crippen LogP contribution in [0.15, 0.2) is 53.7 Å². The van der Waals surface area contributed by atoms with E-state index in [1.807, 2.05) is 47.1 Å². The Bertz CT molecular complexity index is 789. The Balaban J connectivity index is 1.55. The molecule has 0 spiro atoms. The van der Waals surface area contributed by atoms with Crippen molar-refractivity contribution < 1.29 is 4.74 Å². The zero-order valence-corrected chi connectivity index (χ0v) is 14.7. The molecule has 0 aliphatic heterocycles. The molecule has 3 aromatic rings. The summed E-state index contributed by atoms with van der Waals surface area (Å²) in [5.41, 5.74) is 3.46. The highest BCUT2D eigenvalue weighted by Crippen LogP contribution is 2.22. The van der Waals surface area contributed by atoms with Crippen molar-refractivity contribution in [1.29, 1.82) is 0 Å². The van der Waals surface area contributed by atoms with E-state index in [-0.39, 0.29) is 0 Å². The highest BCUT2D eigenvalue weighted by atomic mass is 32.2. The highest BCUT2D eigenvalue weighted by molar-refractivity contribution is 7.99. The fourth-order valence-electron chi connectivity index (χ4n) is 2.31. The van der Waals surface area contributed by atoms with Crippen LogP contribution < -0.4 is 4.74 Å². The van der Waals surface area contributed by atoms with E-state index in [2.05, 4.69) is 35.4 Å². The fraction of sp³-hybridized carbons (Fsp3) is 0.278. The second-order valence-corrected chi connectivity index (χ2v) is 6.52. The lowest BCUT2D eigenvalue weighted by Crippen LogP contribution is -2.03. The minimum Gasteiger partial charge on any atom is -0.494 e. The monoisotopic (exact) mass is 340 g/mol. The molecule has 0 unspecified atom stereocenters. The standard InChI is InChI=1S/C18H20N4OS/c1-14-8-6-11-17(15(14)2)22-18(19-20-21-22)24-13-7-12-23-16-9-4-3-5-10-16/h3-6,8-11H,7,12-13H2,1-2H3. The zero-order chi connectivity index (χ0) is 16.8. The topological polar surface area (TPSA) is 52.8 Å². The molecule has 124 valence electrons. The van der Waals surface area contributed by atoms with Crippen LogP contribution in [0.1, 0.15) is 17.5 Å². The number of tetrazole rings is 1. The maximum atomic E-state index is 5.70. The van der Waals surface area contributed by atoms with Crippen molar-refractivity contribution in [1.82, 2.24) is 20.2 Å². The number of benzene rings is 2. The second-order valence-electron chi connectivity index (χ2n) is 5.46. The highest BCUT2D eigenvalue weighted by Gasteiger charge is 2.11. The summed E-state index contributed by atoms with van der Waals surface area (Å²) in [5.74, 6) is 1.81. The van der Waals surface area contributed by atoms with Crippen LogP contribution in [0.25, 0.3) is 5.69 Å². The third-order valence-corrected chi connectivity index (χ3v) is 4.78. The predicted molar refractivity (Wildman–Crippen MR) is 95.9 cm³/mol. The summed E-state index contributed by atoms with van der Waals surface area (Å²) in [6.45, 7) is 4.87. The van der Waals surface area contributed by atoms with Gasteiger partial charge in [0.15, 0.2) is 0 Å². The molecule has 2 aromatic carbocycles. The van der Waals surface area contributed by atoms with Gasteiger partial charge in [0.05, 0.1) is 12.3 Å². The second kappa shape index (κ2) is 7.97. The van der Waals surface area contributed by atoms with Gasteiger partial charge in [-0.25, -0.2) is 0 Å². The van der Waals surface area contributed by atoms with Crippen molar-refractivity contribution in [3.05, 3.63) is 59.7 Å². The molecule has 0 amide bonds. The number of ether oxygens (including phenoxy) is 1. The van der Waals surface area contributed by atoms with Crippen LogP contribution in [0.2, 0.25) is 0 Å². The van der Waals surface area contributed by atoms with E-state index in [4.69, 9.17) is 4.74 Å². The number of para-hydroxylation sites is 1. The fourth-order valence-corrected chi connectivity index (χ4v) is 3.11. The van der Waals surface area contributed by atoms with Gasteiger partial charge in [-0.15, -0.1) is 5.10 Å². The van der Waals surface area contributed by atoms with Gasteiger partial charge in [0.1, 0.15) is 5.75 Å². The smallest absolute Gasteiger partial charge is 0.214 e.